The molecule has 1 unspecified atom stereocenters. The number of benzene rings is 1. The fourth-order valence-corrected chi connectivity index (χ4v) is 2.90. The minimum absolute atomic E-state index is 0.0155. The Labute approximate surface area is 122 Å². The molecule has 20 heavy (non-hydrogen) atoms. The predicted molar refractivity (Wildman–Crippen MR) is 84.4 cm³/mol. The summed E-state index contributed by atoms with van der Waals surface area (Å²) in [6.07, 6.45) is 1.32. The molecule has 0 aliphatic rings. The second-order valence-electron chi connectivity index (χ2n) is 5.08. The number of nitrogens with zero attached hydrogens (tertiary/aromatic N) is 1. The molecule has 0 aliphatic carbocycles. The van der Waals surface area contributed by atoms with Gasteiger partial charge in [0.15, 0.2) is 0 Å². The zero-order valence-corrected chi connectivity index (χ0v) is 13.3. The third-order valence-corrected chi connectivity index (χ3v) is 5.19. The normalized spacial score (nSPS) is 13.2. The van der Waals surface area contributed by atoms with E-state index in [4.69, 9.17) is 5.84 Å². The van der Waals surface area contributed by atoms with Crippen molar-refractivity contribution in [2.24, 2.45) is 5.84 Å². The van der Waals surface area contributed by atoms with Crippen molar-refractivity contribution in [2.75, 3.05) is 30.5 Å². The Morgan fingerprint density at radius 1 is 1.25 bits per heavy atom. The molecule has 0 heterocycles. The number of hydrogen-bond acceptors (Lipinski definition) is 5. The summed E-state index contributed by atoms with van der Waals surface area (Å²) in [6.45, 7) is 1.67. The lowest BCUT2D eigenvalue weighted by Gasteiger charge is -2.18. The standard InChI is InChI=1S/C14H25N3O2S/c1-4-20(18,19)11-5-6-14(16-15)12-7-9-13(10-8-12)17(2)3/h7-10,14,16H,4-6,11,15H2,1-3H3. The Hall–Kier alpha value is -1.11. The Morgan fingerprint density at radius 2 is 1.85 bits per heavy atom. The number of nitrogens with two attached hydrogens (primary N) is 1. The van der Waals surface area contributed by atoms with Crippen LogP contribution in [0.3, 0.4) is 0 Å². The highest BCUT2D eigenvalue weighted by Gasteiger charge is 2.13. The van der Waals surface area contributed by atoms with Gasteiger partial charge in [0.1, 0.15) is 9.84 Å². The van der Waals surface area contributed by atoms with E-state index in [1.54, 1.807) is 6.92 Å². The Morgan fingerprint density at radius 3 is 2.30 bits per heavy atom. The first kappa shape index (κ1) is 16.9. The van der Waals surface area contributed by atoms with Gasteiger partial charge in [0, 0.05) is 31.6 Å². The minimum Gasteiger partial charge on any atom is -0.378 e. The zero-order chi connectivity index (χ0) is 15.2. The summed E-state index contributed by atoms with van der Waals surface area (Å²) in [4.78, 5) is 2.03. The lowest BCUT2D eigenvalue weighted by atomic mass is 10.0. The van der Waals surface area contributed by atoms with Crippen LogP contribution in [0.25, 0.3) is 0 Å². The Kier molecular flexibility index (Phi) is 6.45. The van der Waals surface area contributed by atoms with Crippen LogP contribution in [-0.2, 0) is 9.84 Å². The fourth-order valence-electron chi connectivity index (χ4n) is 2.00. The average molecular weight is 299 g/mol. The Bertz CT molecular complexity index is 498. The highest BCUT2D eigenvalue weighted by molar-refractivity contribution is 7.91. The van der Waals surface area contributed by atoms with Gasteiger partial charge >= 0.3 is 0 Å². The smallest absolute Gasteiger partial charge is 0.150 e. The molecule has 1 aromatic carbocycles. The molecule has 5 nitrogen and oxygen atoms in total. The van der Waals surface area contributed by atoms with Gasteiger partial charge in [-0.15, -0.1) is 0 Å². The second-order valence-corrected chi connectivity index (χ2v) is 7.56. The van der Waals surface area contributed by atoms with Gasteiger partial charge in [-0.3, -0.25) is 11.3 Å². The summed E-state index contributed by atoms with van der Waals surface area (Å²) in [5.74, 6) is 5.99. The molecule has 0 bridgehead atoms. The first-order valence-electron chi connectivity index (χ1n) is 6.83. The van der Waals surface area contributed by atoms with Crippen molar-refractivity contribution in [2.45, 2.75) is 25.8 Å². The van der Waals surface area contributed by atoms with E-state index in [9.17, 15) is 8.42 Å². The van der Waals surface area contributed by atoms with Crippen LogP contribution < -0.4 is 16.2 Å². The third-order valence-electron chi connectivity index (χ3n) is 3.40. The molecule has 0 saturated carbocycles. The summed E-state index contributed by atoms with van der Waals surface area (Å²) in [6, 6.07) is 8.09. The number of sulfone groups is 1. The average Bonchev–Trinajstić information content (AvgIpc) is 2.44. The lowest BCUT2D eigenvalue weighted by molar-refractivity contribution is 0.507. The second kappa shape index (κ2) is 7.61. The van der Waals surface area contributed by atoms with E-state index in [-0.39, 0.29) is 17.5 Å². The van der Waals surface area contributed by atoms with Crippen molar-refractivity contribution in [1.29, 1.82) is 0 Å². The summed E-state index contributed by atoms with van der Waals surface area (Å²) in [5, 5.41) is 0. The minimum atomic E-state index is -2.90. The number of rotatable bonds is 8. The quantitative estimate of drug-likeness (QED) is 0.561. The van der Waals surface area contributed by atoms with Crippen molar-refractivity contribution in [1.82, 2.24) is 5.43 Å². The van der Waals surface area contributed by atoms with Crippen LogP contribution in [0.15, 0.2) is 24.3 Å². The molecule has 1 aromatic rings. The maximum absolute atomic E-state index is 11.5. The topological polar surface area (TPSA) is 75.4 Å². The van der Waals surface area contributed by atoms with Crippen LogP contribution in [0, 0.1) is 0 Å². The summed E-state index contributed by atoms with van der Waals surface area (Å²) in [7, 11) is 1.08. The molecule has 3 N–H and O–H groups in total. The van der Waals surface area contributed by atoms with E-state index in [2.05, 4.69) is 5.43 Å². The van der Waals surface area contributed by atoms with Crippen LogP contribution in [-0.4, -0.2) is 34.0 Å². The van der Waals surface area contributed by atoms with Gasteiger partial charge in [0.25, 0.3) is 0 Å². The number of hydrogen-bond donors (Lipinski definition) is 2. The highest BCUT2D eigenvalue weighted by atomic mass is 32.2. The van der Waals surface area contributed by atoms with Gasteiger partial charge in [-0.1, -0.05) is 19.1 Å². The fraction of sp³-hybridized carbons (Fsp3) is 0.571. The maximum atomic E-state index is 11.5. The van der Waals surface area contributed by atoms with Crippen molar-refractivity contribution < 1.29 is 8.42 Å². The van der Waals surface area contributed by atoms with E-state index in [1.807, 2.05) is 43.3 Å². The van der Waals surface area contributed by atoms with E-state index < -0.39 is 9.84 Å². The molecule has 0 aromatic heterocycles. The summed E-state index contributed by atoms with van der Waals surface area (Å²) in [5.41, 5.74) is 4.96. The molecule has 0 amide bonds. The van der Waals surface area contributed by atoms with Crippen LogP contribution in [0.2, 0.25) is 0 Å². The number of hydrazine groups is 1. The van der Waals surface area contributed by atoms with Crippen molar-refractivity contribution in [3.63, 3.8) is 0 Å². The molecule has 0 fully saturated rings. The van der Waals surface area contributed by atoms with Crippen molar-refractivity contribution in [3.8, 4) is 0 Å². The predicted octanol–water partition coefficient (Wildman–Crippen LogP) is 1.47. The lowest BCUT2D eigenvalue weighted by Crippen LogP contribution is -2.28. The maximum Gasteiger partial charge on any atom is 0.150 e. The summed E-state index contributed by atoms with van der Waals surface area (Å²) < 4.78 is 22.9. The van der Waals surface area contributed by atoms with Gasteiger partial charge in [-0.25, -0.2) is 8.42 Å². The molecule has 1 atom stereocenters. The number of nitrogens with one attached hydrogen (secondary N) is 1. The molecule has 0 spiro atoms. The number of anilines is 1. The zero-order valence-electron chi connectivity index (χ0n) is 12.5. The van der Waals surface area contributed by atoms with E-state index >= 15 is 0 Å². The molecular formula is C14H25N3O2S. The molecule has 0 radical (unpaired) electrons. The molecule has 0 saturated heterocycles. The van der Waals surface area contributed by atoms with Crippen LogP contribution >= 0.6 is 0 Å². The molecule has 0 aliphatic heterocycles. The van der Waals surface area contributed by atoms with E-state index in [0.29, 0.717) is 12.8 Å². The van der Waals surface area contributed by atoms with E-state index in [0.717, 1.165) is 11.3 Å². The van der Waals surface area contributed by atoms with Crippen LogP contribution in [0.5, 0.6) is 0 Å². The van der Waals surface area contributed by atoms with Gasteiger partial charge in [0.05, 0.1) is 5.75 Å². The largest absolute Gasteiger partial charge is 0.378 e. The van der Waals surface area contributed by atoms with Crippen molar-refractivity contribution in [3.05, 3.63) is 29.8 Å². The highest BCUT2D eigenvalue weighted by Crippen LogP contribution is 2.21. The van der Waals surface area contributed by atoms with Gasteiger partial charge in [0.2, 0.25) is 0 Å². The van der Waals surface area contributed by atoms with Gasteiger partial charge in [-0.05, 0) is 30.5 Å². The molecule has 114 valence electrons. The van der Waals surface area contributed by atoms with Gasteiger partial charge < -0.3 is 4.90 Å². The molecule has 6 heteroatoms. The summed E-state index contributed by atoms with van der Waals surface area (Å²) >= 11 is 0. The molecule has 1 rings (SSSR count). The first-order chi connectivity index (χ1) is 9.39. The Balaban J connectivity index is 2.62. The van der Waals surface area contributed by atoms with Crippen LogP contribution in [0.4, 0.5) is 5.69 Å². The first-order valence-corrected chi connectivity index (χ1v) is 8.65. The van der Waals surface area contributed by atoms with Crippen molar-refractivity contribution >= 4 is 15.5 Å². The third kappa shape index (κ3) is 5.11. The van der Waals surface area contributed by atoms with E-state index in [1.165, 1.54) is 0 Å². The molecular weight excluding hydrogens is 274 g/mol. The van der Waals surface area contributed by atoms with Crippen LogP contribution in [0.1, 0.15) is 31.4 Å². The van der Waals surface area contributed by atoms with Gasteiger partial charge in [-0.2, -0.15) is 0 Å². The SMILES string of the molecule is CCS(=O)(=O)CCCC(NN)c1ccc(N(C)C)cc1. The monoisotopic (exact) mass is 299 g/mol.